The van der Waals surface area contributed by atoms with Gasteiger partial charge in [0.25, 0.3) is 5.91 Å². The number of aromatic nitrogens is 1. The lowest BCUT2D eigenvalue weighted by atomic mass is 10.3. The summed E-state index contributed by atoms with van der Waals surface area (Å²) >= 11 is 1.22. The first-order valence-corrected chi connectivity index (χ1v) is 9.70. The van der Waals surface area contributed by atoms with E-state index in [1.807, 2.05) is 12.1 Å². The number of thiazole rings is 1. The zero-order chi connectivity index (χ0) is 19.4. The first-order chi connectivity index (χ1) is 12.9. The number of piperazine rings is 1. The van der Waals surface area contributed by atoms with Gasteiger partial charge in [0.2, 0.25) is 5.91 Å². The van der Waals surface area contributed by atoms with Crippen LogP contribution < -0.4 is 5.32 Å². The summed E-state index contributed by atoms with van der Waals surface area (Å²) < 4.78 is 5.38. The van der Waals surface area contributed by atoms with Gasteiger partial charge in [-0.05, 0) is 19.1 Å². The molecule has 3 heterocycles. The molecule has 1 N–H and O–H groups in total. The summed E-state index contributed by atoms with van der Waals surface area (Å²) in [5, 5.41) is 3.29. The first-order valence-electron chi connectivity index (χ1n) is 8.88. The summed E-state index contributed by atoms with van der Waals surface area (Å²) in [7, 11) is 3.40. The summed E-state index contributed by atoms with van der Waals surface area (Å²) in [6, 6.07) is 3.87. The summed E-state index contributed by atoms with van der Waals surface area (Å²) in [6.45, 7) is 6.35. The molecule has 8 nitrogen and oxygen atoms in total. The van der Waals surface area contributed by atoms with Crippen LogP contribution in [0.5, 0.6) is 0 Å². The van der Waals surface area contributed by atoms with E-state index in [1.54, 1.807) is 27.3 Å². The quantitative estimate of drug-likeness (QED) is 0.804. The fourth-order valence-corrected chi connectivity index (χ4v) is 3.95. The minimum atomic E-state index is -0.105. The Kier molecular flexibility index (Phi) is 6.25. The van der Waals surface area contributed by atoms with Gasteiger partial charge in [-0.1, -0.05) is 11.3 Å². The Bertz CT molecular complexity index is 779. The maximum atomic E-state index is 12.3. The molecule has 1 fully saturated rings. The third kappa shape index (κ3) is 5.15. The molecule has 0 saturated carbocycles. The van der Waals surface area contributed by atoms with Crippen LogP contribution in [0.15, 0.2) is 22.8 Å². The number of nitrogens with zero attached hydrogens (tertiary/aromatic N) is 4. The molecule has 27 heavy (non-hydrogen) atoms. The van der Waals surface area contributed by atoms with Crippen molar-refractivity contribution < 1.29 is 14.0 Å². The number of carbonyl (C=O) groups excluding carboxylic acids is 2. The standard InChI is InChI=1S/C18H25N5O3S/c1-13-16(17(25)21(2)3)27-18(19-13)20-15(24)12-23-8-6-22(7-9-23)11-14-5-4-10-26-14/h4-5,10H,6-9,11-12H2,1-3H3,(H,19,20,24). The van der Waals surface area contributed by atoms with Crippen LogP contribution in [-0.2, 0) is 11.3 Å². The lowest BCUT2D eigenvalue weighted by Crippen LogP contribution is -2.48. The Morgan fingerprint density at radius 2 is 1.96 bits per heavy atom. The van der Waals surface area contributed by atoms with E-state index in [4.69, 9.17) is 4.42 Å². The number of hydrogen-bond acceptors (Lipinski definition) is 7. The van der Waals surface area contributed by atoms with E-state index in [2.05, 4.69) is 20.1 Å². The second kappa shape index (κ2) is 8.64. The van der Waals surface area contributed by atoms with Crippen LogP contribution >= 0.6 is 11.3 Å². The van der Waals surface area contributed by atoms with Crippen molar-refractivity contribution in [2.45, 2.75) is 13.5 Å². The first kappa shape index (κ1) is 19.5. The van der Waals surface area contributed by atoms with Gasteiger partial charge < -0.3 is 14.6 Å². The van der Waals surface area contributed by atoms with Crippen molar-refractivity contribution in [3.63, 3.8) is 0 Å². The Morgan fingerprint density at radius 3 is 2.59 bits per heavy atom. The van der Waals surface area contributed by atoms with E-state index in [1.165, 1.54) is 16.2 Å². The predicted molar refractivity (Wildman–Crippen MR) is 104 cm³/mol. The summed E-state index contributed by atoms with van der Waals surface area (Å²) in [4.78, 5) is 35.2. The highest BCUT2D eigenvalue weighted by molar-refractivity contribution is 7.17. The Balaban J connectivity index is 1.46. The van der Waals surface area contributed by atoms with Crippen molar-refractivity contribution in [3.8, 4) is 0 Å². The van der Waals surface area contributed by atoms with Crippen LogP contribution in [-0.4, -0.2) is 78.3 Å². The van der Waals surface area contributed by atoms with Crippen LogP contribution in [0.4, 0.5) is 5.13 Å². The van der Waals surface area contributed by atoms with Crippen molar-refractivity contribution >= 4 is 28.3 Å². The Labute approximate surface area is 162 Å². The average Bonchev–Trinajstić information content (AvgIpc) is 3.25. The van der Waals surface area contributed by atoms with E-state index in [0.717, 1.165) is 38.5 Å². The molecular formula is C18H25N5O3S. The molecule has 0 spiro atoms. The van der Waals surface area contributed by atoms with Gasteiger partial charge in [0.05, 0.1) is 25.0 Å². The Morgan fingerprint density at radius 1 is 1.26 bits per heavy atom. The van der Waals surface area contributed by atoms with Crippen LogP contribution in [0.3, 0.4) is 0 Å². The summed E-state index contributed by atoms with van der Waals surface area (Å²) in [5.41, 5.74) is 0.639. The molecular weight excluding hydrogens is 366 g/mol. The molecule has 0 aliphatic carbocycles. The van der Waals surface area contributed by atoms with Crippen LogP contribution in [0.25, 0.3) is 0 Å². The number of carbonyl (C=O) groups is 2. The second-order valence-corrected chi connectivity index (χ2v) is 7.81. The predicted octanol–water partition coefficient (Wildman–Crippen LogP) is 1.50. The van der Waals surface area contributed by atoms with Crippen LogP contribution in [0.1, 0.15) is 21.1 Å². The third-order valence-electron chi connectivity index (χ3n) is 4.44. The molecule has 146 valence electrons. The average molecular weight is 391 g/mol. The van der Waals surface area contributed by atoms with Crippen molar-refractivity contribution in [1.29, 1.82) is 0 Å². The van der Waals surface area contributed by atoms with E-state index in [9.17, 15) is 9.59 Å². The van der Waals surface area contributed by atoms with Gasteiger partial charge in [0, 0.05) is 40.3 Å². The van der Waals surface area contributed by atoms with Crippen molar-refractivity contribution in [3.05, 3.63) is 34.7 Å². The topological polar surface area (TPSA) is 81.9 Å². The lowest BCUT2D eigenvalue weighted by molar-refractivity contribution is -0.117. The van der Waals surface area contributed by atoms with Gasteiger partial charge in [-0.15, -0.1) is 0 Å². The molecule has 0 bridgehead atoms. The molecule has 0 aromatic carbocycles. The van der Waals surface area contributed by atoms with Gasteiger partial charge in [-0.3, -0.25) is 19.4 Å². The molecule has 1 saturated heterocycles. The highest BCUT2D eigenvalue weighted by Crippen LogP contribution is 2.23. The highest BCUT2D eigenvalue weighted by atomic mass is 32.1. The van der Waals surface area contributed by atoms with E-state index >= 15 is 0 Å². The van der Waals surface area contributed by atoms with E-state index in [-0.39, 0.29) is 11.8 Å². The van der Waals surface area contributed by atoms with Gasteiger partial charge in [0.15, 0.2) is 5.13 Å². The van der Waals surface area contributed by atoms with E-state index in [0.29, 0.717) is 22.2 Å². The zero-order valence-corrected chi connectivity index (χ0v) is 16.7. The van der Waals surface area contributed by atoms with Crippen molar-refractivity contribution in [2.75, 3.05) is 52.1 Å². The number of anilines is 1. The fraction of sp³-hybridized carbons (Fsp3) is 0.500. The largest absolute Gasteiger partial charge is 0.468 e. The molecule has 0 radical (unpaired) electrons. The SMILES string of the molecule is Cc1nc(NC(=O)CN2CCN(Cc3ccco3)CC2)sc1C(=O)N(C)C. The normalized spacial score (nSPS) is 15.7. The molecule has 3 rings (SSSR count). The summed E-state index contributed by atoms with van der Waals surface area (Å²) in [6.07, 6.45) is 1.69. The summed E-state index contributed by atoms with van der Waals surface area (Å²) in [5.74, 6) is 0.758. The Hall–Kier alpha value is -2.23. The molecule has 2 amide bonds. The van der Waals surface area contributed by atoms with Crippen molar-refractivity contribution in [1.82, 2.24) is 19.7 Å². The second-order valence-electron chi connectivity index (χ2n) is 6.81. The van der Waals surface area contributed by atoms with Crippen LogP contribution in [0.2, 0.25) is 0 Å². The van der Waals surface area contributed by atoms with Gasteiger partial charge in [0.1, 0.15) is 10.6 Å². The maximum Gasteiger partial charge on any atom is 0.265 e. The van der Waals surface area contributed by atoms with Crippen molar-refractivity contribution in [2.24, 2.45) is 0 Å². The monoisotopic (exact) mass is 391 g/mol. The number of amides is 2. The molecule has 2 aromatic rings. The molecule has 9 heteroatoms. The molecule has 2 aromatic heterocycles. The van der Waals surface area contributed by atoms with Crippen LogP contribution in [0, 0.1) is 6.92 Å². The molecule has 0 unspecified atom stereocenters. The van der Waals surface area contributed by atoms with Gasteiger partial charge in [-0.2, -0.15) is 0 Å². The zero-order valence-electron chi connectivity index (χ0n) is 15.9. The van der Waals surface area contributed by atoms with E-state index < -0.39 is 0 Å². The minimum absolute atomic E-state index is 0.0989. The maximum absolute atomic E-state index is 12.3. The lowest BCUT2D eigenvalue weighted by Gasteiger charge is -2.33. The molecule has 1 aliphatic rings. The number of rotatable bonds is 6. The number of furan rings is 1. The van der Waals surface area contributed by atoms with Gasteiger partial charge in [-0.25, -0.2) is 4.98 Å². The molecule has 0 atom stereocenters. The number of nitrogens with one attached hydrogen (secondary N) is 1. The number of aryl methyl sites for hydroxylation is 1. The molecule has 1 aliphatic heterocycles. The fourth-order valence-electron chi connectivity index (χ4n) is 2.94. The minimum Gasteiger partial charge on any atom is -0.468 e. The number of hydrogen-bond donors (Lipinski definition) is 1. The smallest absolute Gasteiger partial charge is 0.265 e. The van der Waals surface area contributed by atoms with Gasteiger partial charge >= 0.3 is 0 Å². The third-order valence-corrected chi connectivity index (χ3v) is 5.50. The highest BCUT2D eigenvalue weighted by Gasteiger charge is 2.21.